The number of aromatic nitrogens is 2. The topological polar surface area (TPSA) is 71.3 Å². The van der Waals surface area contributed by atoms with Crippen LogP contribution in [0.5, 0.6) is 0 Å². The average molecular weight is 451 g/mol. The van der Waals surface area contributed by atoms with Gasteiger partial charge in [0.2, 0.25) is 17.6 Å². The first kappa shape index (κ1) is 23.1. The van der Waals surface area contributed by atoms with E-state index in [0.717, 1.165) is 31.5 Å². The molecule has 0 radical (unpaired) electrons. The Hall–Kier alpha value is -3.06. The van der Waals surface area contributed by atoms with E-state index in [1.807, 2.05) is 12.1 Å². The number of likely N-dealkylation sites (tertiary alicyclic amines) is 1. The van der Waals surface area contributed by atoms with E-state index in [4.69, 9.17) is 4.52 Å². The van der Waals surface area contributed by atoms with Crippen LogP contribution in [0.3, 0.4) is 0 Å². The summed E-state index contributed by atoms with van der Waals surface area (Å²) in [6.07, 6.45) is 1.59. The number of nitrogens with zero attached hydrogens (tertiary/aromatic N) is 3. The molecule has 0 saturated carbocycles. The van der Waals surface area contributed by atoms with Crippen LogP contribution in [-0.2, 0) is 11.3 Å². The van der Waals surface area contributed by atoms with Crippen LogP contribution in [-0.4, -0.2) is 34.0 Å². The van der Waals surface area contributed by atoms with Gasteiger partial charge in [-0.25, -0.2) is 4.39 Å². The first-order valence-corrected chi connectivity index (χ1v) is 11.6. The number of hydrogen-bond acceptors (Lipinski definition) is 5. The lowest BCUT2D eigenvalue weighted by Crippen LogP contribution is -2.42. The van der Waals surface area contributed by atoms with Gasteiger partial charge in [-0.15, -0.1) is 0 Å². The van der Waals surface area contributed by atoms with E-state index in [0.29, 0.717) is 24.2 Å². The zero-order valence-electron chi connectivity index (χ0n) is 19.4. The van der Waals surface area contributed by atoms with Gasteiger partial charge in [0.15, 0.2) is 0 Å². The van der Waals surface area contributed by atoms with Crippen molar-refractivity contribution < 1.29 is 13.7 Å². The summed E-state index contributed by atoms with van der Waals surface area (Å²) in [4.78, 5) is 19.7. The van der Waals surface area contributed by atoms with E-state index in [1.165, 1.54) is 23.3 Å². The number of amides is 1. The van der Waals surface area contributed by atoms with E-state index in [2.05, 4.69) is 53.3 Å². The molecule has 33 heavy (non-hydrogen) atoms. The summed E-state index contributed by atoms with van der Waals surface area (Å²) in [5.74, 6) is 1.12. The molecule has 0 aliphatic carbocycles. The summed E-state index contributed by atoms with van der Waals surface area (Å²) in [6, 6.07) is 14.3. The number of piperidine rings is 1. The van der Waals surface area contributed by atoms with Crippen molar-refractivity contribution in [3.05, 3.63) is 71.4 Å². The van der Waals surface area contributed by atoms with Crippen LogP contribution < -0.4 is 5.32 Å². The maximum atomic E-state index is 13.1. The second-order valence-corrected chi connectivity index (χ2v) is 9.16. The molecule has 174 valence electrons. The highest BCUT2D eigenvalue weighted by molar-refractivity contribution is 5.79. The molecule has 0 spiro atoms. The Balaban J connectivity index is 1.31. The number of carbonyl (C=O) groups excluding carboxylic acids is 1. The van der Waals surface area contributed by atoms with Crippen molar-refractivity contribution in [2.75, 3.05) is 13.1 Å². The number of benzene rings is 2. The third-order valence-electron chi connectivity index (χ3n) is 6.38. The molecular formula is C26H31FN4O2. The highest BCUT2D eigenvalue weighted by Crippen LogP contribution is 2.27. The summed E-state index contributed by atoms with van der Waals surface area (Å²) in [6.45, 7) is 8.51. The van der Waals surface area contributed by atoms with Crippen LogP contribution in [0, 0.1) is 24.6 Å². The zero-order chi connectivity index (χ0) is 23.4. The quantitative estimate of drug-likeness (QED) is 0.554. The minimum atomic E-state index is -0.298. The smallest absolute Gasteiger partial charge is 0.241 e. The van der Waals surface area contributed by atoms with Gasteiger partial charge in [0, 0.05) is 11.5 Å². The van der Waals surface area contributed by atoms with Crippen LogP contribution in [0.4, 0.5) is 4.39 Å². The molecule has 1 amide bonds. The highest BCUT2D eigenvalue weighted by atomic mass is 19.1. The molecule has 1 aliphatic rings. The van der Waals surface area contributed by atoms with Gasteiger partial charge in [0.05, 0.1) is 12.6 Å². The van der Waals surface area contributed by atoms with Gasteiger partial charge in [-0.05, 0) is 74.2 Å². The summed E-state index contributed by atoms with van der Waals surface area (Å²) in [7, 11) is 0. The monoisotopic (exact) mass is 450 g/mol. The van der Waals surface area contributed by atoms with Crippen molar-refractivity contribution in [3.8, 4) is 11.4 Å². The third kappa shape index (κ3) is 5.66. The second-order valence-electron chi connectivity index (χ2n) is 9.16. The molecule has 1 unspecified atom stereocenters. The lowest BCUT2D eigenvalue weighted by Gasteiger charge is -2.32. The minimum Gasteiger partial charge on any atom is -0.349 e. The van der Waals surface area contributed by atoms with Gasteiger partial charge in [-0.3, -0.25) is 9.69 Å². The molecule has 4 rings (SSSR count). The molecule has 3 aromatic rings. The van der Waals surface area contributed by atoms with E-state index in [1.54, 1.807) is 12.1 Å². The number of aryl methyl sites for hydroxylation is 1. The van der Waals surface area contributed by atoms with Crippen LogP contribution in [0.1, 0.15) is 49.7 Å². The van der Waals surface area contributed by atoms with Crippen molar-refractivity contribution in [3.63, 3.8) is 0 Å². The fourth-order valence-electron chi connectivity index (χ4n) is 4.39. The number of rotatable bonds is 7. The normalized spacial score (nSPS) is 16.2. The van der Waals surface area contributed by atoms with Gasteiger partial charge < -0.3 is 9.84 Å². The Morgan fingerprint density at radius 3 is 2.52 bits per heavy atom. The first-order valence-electron chi connectivity index (χ1n) is 11.6. The molecule has 7 heteroatoms. The predicted octanol–water partition coefficient (Wildman–Crippen LogP) is 4.91. The number of hydrogen-bond donors (Lipinski definition) is 1. The predicted molar refractivity (Wildman–Crippen MR) is 125 cm³/mol. The number of halogens is 1. The Kier molecular flexibility index (Phi) is 7.18. The van der Waals surface area contributed by atoms with Crippen LogP contribution in [0.2, 0.25) is 0 Å². The summed E-state index contributed by atoms with van der Waals surface area (Å²) in [5, 5.41) is 7.32. The van der Waals surface area contributed by atoms with E-state index < -0.39 is 0 Å². The van der Waals surface area contributed by atoms with Crippen LogP contribution >= 0.6 is 0 Å². The fraction of sp³-hybridized carbons (Fsp3) is 0.423. The molecule has 1 atom stereocenters. The van der Waals surface area contributed by atoms with Gasteiger partial charge in [-0.2, -0.15) is 4.98 Å². The van der Waals surface area contributed by atoms with Gasteiger partial charge in [0.25, 0.3) is 0 Å². The molecular weight excluding hydrogens is 419 g/mol. The molecule has 1 N–H and O–H groups in total. The van der Waals surface area contributed by atoms with Crippen molar-refractivity contribution >= 4 is 5.91 Å². The second kappa shape index (κ2) is 10.3. The largest absolute Gasteiger partial charge is 0.349 e. The van der Waals surface area contributed by atoms with Crippen molar-refractivity contribution in [2.24, 2.45) is 11.8 Å². The molecule has 0 bridgehead atoms. The molecule has 2 aromatic carbocycles. The first-order chi connectivity index (χ1) is 15.9. The Morgan fingerprint density at radius 1 is 1.15 bits per heavy atom. The lowest BCUT2D eigenvalue weighted by molar-refractivity contribution is -0.127. The molecule has 1 aliphatic heterocycles. The van der Waals surface area contributed by atoms with Crippen LogP contribution in [0.25, 0.3) is 11.4 Å². The van der Waals surface area contributed by atoms with Crippen LogP contribution in [0.15, 0.2) is 53.1 Å². The highest BCUT2D eigenvalue weighted by Gasteiger charge is 2.29. The average Bonchev–Trinajstić information content (AvgIpc) is 3.27. The minimum absolute atomic E-state index is 0.00368. The lowest BCUT2D eigenvalue weighted by atomic mass is 9.90. The third-order valence-corrected chi connectivity index (χ3v) is 6.38. The molecule has 1 fully saturated rings. The van der Waals surface area contributed by atoms with Crippen molar-refractivity contribution in [1.82, 2.24) is 20.4 Å². The molecule has 6 nitrogen and oxygen atoms in total. The van der Waals surface area contributed by atoms with Crippen molar-refractivity contribution in [1.29, 1.82) is 0 Å². The fourth-order valence-corrected chi connectivity index (χ4v) is 4.39. The Morgan fingerprint density at radius 2 is 1.85 bits per heavy atom. The van der Waals surface area contributed by atoms with Crippen molar-refractivity contribution in [2.45, 2.75) is 46.2 Å². The van der Waals surface area contributed by atoms with E-state index in [9.17, 15) is 9.18 Å². The van der Waals surface area contributed by atoms with E-state index >= 15 is 0 Å². The SMILES string of the molecule is Cc1ccccc1C(NC(=O)C1CCN(Cc2nc(-c3ccc(F)cc3)no2)CC1)C(C)C. The summed E-state index contributed by atoms with van der Waals surface area (Å²) >= 11 is 0. The zero-order valence-corrected chi connectivity index (χ0v) is 19.4. The van der Waals surface area contributed by atoms with Gasteiger partial charge >= 0.3 is 0 Å². The Bertz CT molecular complexity index is 1070. The van der Waals surface area contributed by atoms with E-state index in [-0.39, 0.29) is 23.7 Å². The Labute approximate surface area is 194 Å². The van der Waals surface area contributed by atoms with Gasteiger partial charge in [0.1, 0.15) is 5.82 Å². The summed E-state index contributed by atoms with van der Waals surface area (Å²) in [5.41, 5.74) is 3.10. The number of nitrogens with one attached hydrogen (secondary N) is 1. The maximum absolute atomic E-state index is 13.1. The standard InChI is InChI=1S/C26H31FN4O2/c1-17(2)24(22-7-5-4-6-18(22)3)29-26(32)20-12-14-31(15-13-20)16-23-28-25(30-33-23)19-8-10-21(27)11-9-19/h4-11,17,20,24H,12-16H2,1-3H3,(H,29,32). The molecule has 1 saturated heterocycles. The number of carbonyl (C=O) groups is 1. The molecule has 1 aromatic heterocycles. The van der Waals surface area contributed by atoms with Gasteiger partial charge in [-0.1, -0.05) is 43.3 Å². The molecule has 2 heterocycles. The summed E-state index contributed by atoms with van der Waals surface area (Å²) < 4.78 is 18.5. The maximum Gasteiger partial charge on any atom is 0.241 e.